The van der Waals surface area contributed by atoms with Gasteiger partial charge in [0.15, 0.2) is 5.82 Å². The van der Waals surface area contributed by atoms with Gasteiger partial charge in [-0.2, -0.15) is 5.21 Å². The third-order valence-electron chi connectivity index (χ3n) is 2.02. The maximum atomic E-state index is 11.1. The number of methoxy groups -OCH3 is 1. The van der Waals surface area contributed by atoms with Gasteiger partial charge in [0.1, 0.15) is 5.76 Å². The molecule has 0 saturated heterocycles. The fourth-order valence-electron chi connectivity index (χ4n) is 1.24. The van der Waals surface area contributed by atoms with Crippen molar-refractivity contribution in [2.24, 2.45) is 0 Å². The minimum Gasteiger partial charge on any atom is -0.463 e. The molecule has 2 rings (SSSR count). The third-order valence-corrected chi connectivity index (χ3v) is 2.02. The van der Waals surface area contributed by atoms with Gasteiger partial charge in [0.25, 0.3) is 0 Å². The van der Waals surface area contributed by atoms with E-state index >= 15 is 0 Å². The number of nitrogens with one attached hydrogen (secondary N) is 2. The number of hydrogen-bond donors (Lipinski definition) is 2. The van der Waals surface area contributed by atoms with E-state index in [4.69, 9.17) is 4.42 Å². The minimum absolute atomic E-state index is 0.184. The molecule has 0 amide bonds. The first-order valence-electron chi connectivity index (χ1n) is 4.89. The van der Waals surface area contributed by atoms with Gasteiger partial charge in [-0.15, -0.1) is 10.2 Å². The zero-order valence-corrected chi connectivity index (χ0v) is 9.14. The standard InChI is InChI=1S/C9H11N5O3/c1-16-9(15)7-3-2-6(17-7)4-10-5-8-11-13-14-12-8/h2-3,10H,4-5H2,1H3,(H,11,12,13,14). The van der Waals surface area contributed by atoms with Crippen molar-refractivity contribution >= 4 is 5.97 Å². The van der Waals surface area contributed by atoms with Crippen LogP contribution in [-0.2, 0) is 17.8 Å². The van der Waals surface area contributed by atoms with Gasteiger partial charge in [0, 0.05) is 0 Å². The molecule has 0 radical (unpaired) electrons. The highest BCUT2D eigenvalue weighted by molar-refractivity contribution is 5.86. The summed E-state index contributed by atoms with van der Waals surface area (Å²) in [4.78, 5) is 11.1. The van der Waals surface area contributed by atoms with E-state index in [-0.39, 0.29) is 5.76 Å². The minimum atomic E-state index is -0.491. The summed E-state index contributed by atoms with van der Waals surface area (Å²) in [5, 5.41) is 16.4. The lowest BCUT2D eigenvalue weighted by atomic mass is 10.4. The molecule has 17 heavy (non-hydrogen) atoms. The van der Waals surface area contributed by atoms with Crippen molar-refractivity contribution in [3.8, 4) is 0 Å². The lowest BCUT2D eigenvalue weighted by Crippen LogP contribution is -2.13. The van der Waals surface area contributed by atoms with E-state index in [1.807, 2.05) is 0 Å². The van der Waals surface area contributed by atoms with Crippen LogP contribution < -0.4 is 5.32 Å². The fraction of sp³-hybridized carbons (Fsp3) is 0.333. The van der Waals surface area contributed by atoms with Crippen LogP contribution in [0.25, 0.3) is 0 Å². The zero-order chi connectivity index (χ0) is 12.1. The van der Waals surface area contributed by atoms with Gasteiger partial charge < -0.3 is 14.5 Å². The van der Waals surface area contributed by atoms with Gasteiger partial charge in [-0.3, -0.25) is 0 Å². The van der Waals surface area contributed by atoms with Crippen molar-refractivity contribution in [2.75, 3.05) is 7.11 Å². The summed E-state index contributed by atoms with van der Waals surface area (Å²) in [6.45, 7) is 0.927. The van der Waals surface area contributed by atoms with E-state index in [1.54, 1.807) is 12.1 Å². The second-order valence-corrected chi connectivity index (χ2v) is 3.19. The molecule has 0 saturated carbocycles. The Morgan fingerprint density at radius 2 is 2.41 bits per heavy atom. The van der Waals surface area contributed by atoms with Crippen LogP contribution in [0.3, 0.4) is 0 Å². The van der Waals surface area contributed by atoms with Crippen LogP contribution in [0.5, 0.6) is 0 Å². The van der Waals surface area contributed by atoms with Gasteiger partial charge >= 0.3 is 5.97 Å². The number of rotatable bonds is 5. The van der Waals surface area contributed by atoms with E-state index in [0.29, 0.717) is 24.7 Å². The Morgan fingerprint density at radius 3 is 3.12 bits per heavy atom. The largest absolute Gasteiger partial charge is 0.463 e. The molecule has 0 fully saturated rings. The first kappa shape index (κ1) is 11.3. The molecule has 0 spiro atoms. The molecule has 2 aromatic rings. The smallest absolute Gasteiger partial charge is 0.373 e. The molecule has 0 aliphatic heterocycles. The molecule has 90 valence electrons. The summed E-state index contributed by atoms with van der Waals surface area (Å²) in [6.07, 6.45) is 0. The quantitative estimate of drug-likeness (QED) is 0.697. The molecule has 0 aliphatic rings. The Bertz CT molecular complexity index is 479. The number of tetrazole rings is 1. The van der Waals surface area contributed by atoms with E-state index < -0.39 is 5.97 Å². The van der Waals surface area contributed by atoms with E-state index in [9.17, 15) is 4.79 Å². The second-order valence-electron chi connectivity index (χ2n) is 3.19. The Labute approximate surface area is 96.3 Å². The highest BCUT2D eigenvalue weighted by atomic mass is 16.5. The normalized spacial score (nSPS) is 10.4. The topological polar surface area (TPSA) is 106 Å². The Kier molecular flexibility index (Phi) is 3.46. The number of furan rings is 1. The van der Waals surface area contributed by atoms with E-state index in [2.05, 4.69) is 30.7 Å². The summed E-state index contributed by atoms with van der Waals surface area (Å²) in [6, 6.07) is 3.27. The fourth-order valence-corrected chi connectivity index (χ4v) is 1.24. The number of aromatic amines is 1. The first-order valence-corrected chi connectivity index (χ1v) is 4.89. The number of carbonyl (C=O) groups excluding carboxylic acids is 1. The van der Waals surface area contributed by atoms with E-state index in [1.165, 1.54) is 7.11 Å². The highest BCUT2D eigenvalue weighted by Crippen LogP contribution is 2.08. The van der Waals surface area contributed by atoms with Gasteiger partial charge in [0.2, 0.25) is 5.76 Å². The molecule has 2 heterocycles. The number of hydrogen-bond acceptors (Lipinski definition) is 7. The van der Waals surface area contributed by atoms with Crippen molar-refractivity contribution < 1.29 is 13.9 Å². The number of H-pyrrole nitrogens is 1. The molecule has 8 heteroatoms. The number of esters is 1. The molecule has 0 atom stereocenters. The zero-order valence-electron chi connectivity index (χ0n) is 9.14. The van der Waals surface area contributed by atoms with Crippen molar-refractivity contribution in [3.05, 3.63) is 29.5 Å². The van der Waals surface area contributed by atoms with Gasteiger partial charge in [-0.1, -0.05) is 5.21 Å². The third kappa shape index (κ3) is 2.88. The maximum absolute atomic E-state index is 11.1. The second kappa shape index (κ2) is 5.21. The van der Waals surface area contributed by atoms with Crippen LogP contribution in [0.15, 0.2) is 16.5 Å². The maximum Gasteiger partial charge on any atom is 0.373 e. The lowest BCUT2D eigenvalue weighted by Gasteiger charge is -1.98. The highest BCUT2D eigenvalue weighted by Gasteiger charge is 2.10. The summed E-state index contributed by atoms with van der Waals surface area (Å²) in [5.74, 6) is 0.886. The molecule has 2 aromatic heterocycles. The van der Waals surface area contributed by atoms with Crippen LogP contribution in [0, 0.1) is 0 Å². The van der Waals surface area contributed by atoms with Crippen molar-refractivity contribution in [3.63, 3.8) is 0 Å². The average molecular weight is 237 g/mol. The summed E-state index contributed by atoms with van der Waals surface area (Å²) < 4.78 is 9.78. The molecule has 0 unspecified atom stereocenters. The summed E-state index contributed by atoms with van der Waals surface area (Å²) in [5.41, 5.74) is 0. The SMILES string of the molecule is COC(=O)c1ccc(CNCc2nn[nH]n2)o1. The first-order chi connectivity index (χ1) is 8.29. The summed E-state index contributed by atoms with van der Waals surface area (Å²) >= 11 is 0. The van der Waals surface area contributed by atoms with Crippen molar-refractivity contribution in [1.29, 1.82) is 0 Å². The lowest BCUT2D eigenvalue weighted by molar-refractivity contribution is 0.0563. The van der Waals surface area contributed by atoms with Crippen LogP contribution in [-0.4, -0.2) is 33.7 Å². The van der Waals surface area contributed by atoms with Crippen molar-refractivity contribution in [2.45, 2.75) is 13.1 Å². The summed E-state index contributed by atoms with van der Waals surface area (Å²) in [7, 11) is 1.30. The number of aromatic nitrogens is 4. The van der Waals surface area contributed by atoms with Crippen LogP contribution in [0.2, 0.25) is 0 Å². The predicted molar refractivity (Wildman–Crippen MR) is 54.8 cm³/mol. The molecule has 0 aliphatic carbocycles. The van der Waals surface area contributed by atoms with Gasteiger partial charge in [0.05, 0.1) is 20.2 Å². The van der Waals surface area contributed by atoms with Crippen LogP contribution in [0.4, 0.5) is 0 Å². The molecule has 0 bridgehead atoms. The Morgan fingerprint density at radius 1 is 1.53 bits per heavy atom. The molecule has 2 N–H and O–H groups in total. The van der Waals surface area contributed by atoms with Crippen LogP contribution in [0.1, 0.15) is 22.1 Å². The Hall–Kier alpha value is -2.22. The Balaban J connectivity index is 1.83. The monoisotopic (exact) mass is 237 g/mol. The number of ether oxygens (including phenoxy) is 1. The molecule has 0 aromatic carbocycles. The molecular formula is C9H11N5O3. The van der Waals surface area contributed by atoms with Gasteiger partial charge in [-0.25, -0.2) is 4.79 Å². The molecule has 8 nitrogen and oxygen atoms in total. The van der Waals surface area contributed by atoms with E-state index in [0.717, 1.165) is 0 Å². The van der Waals surface area contributed by atoms with Crippen molar-refractivity contribution in [1.82, 2.24) is 25.9 Å². The number of carbonyl (C=O) groups is 1. The van der Waals surface area contributed by atoms with Gasteiger partial charge in [-0.05, 0) is 12.1 Å². The van der Waals surface area contributed by atoms with Crippen LogP contribution >= 0.6 is 0 Å². The predicted octanol–water partition coefficient (Wildman–Crippen LogP) is -0.131. The number of nitrogens with zero attached hydrogens (tertiary/aromatic N) is 3. The average Bonchev–Trinajstić information content (AvgIpc) is 2.99. The molecular weight excluding hydrogens is 226 g/mol.